The quantitative estimate of drug-likeness (QED) is 0.276. The Morgan fingerprint density at radius 3 is 2.33 bits per heavy atom. The monoisotopic (exact) mass is 466 g/mol. The predicted octanol–water partition coefficient (Wildman–Crippen LogP) is -0.889. The number of aliphatic carboxylic acids is 1. The number of phenolic OH excluding ortho intramolecular Hbond substituents is 3. The van der Waals surface area contributed by atoms with Crippen molar-refractivity contribution in [1.29, 1.82) is 0 Å². The number of aromatic hydroxyl groups is 3. The van der Waals surface area contributed by atoms with Crippen LogP contribution in [0.3, 0.4) is 0 Å². The second kappa shape index (κ2) is 8.57. The number of carboxylic acid groups (broad SMARTS) is 1. The van der Waals surface area contributed by atoms with Gasteiger partial charge in [0.1, 0.15) is 41.7 Å². The molecule has 0 radical (unpaired) electrons. The van der Waals surface area contributed by atoms with Gasteiger partial charge in [-0.05, 0) is 17.7 Å². The lowest BCUT2D eigenvalue weighted by Gasteiger charge is -2.38. The van der Waals surface area contributed by atoms with Gasteiger partial charge in [-0.2, -0.15) is 0 Å². The molecule has 2 aromatic rings. The van der Waals surface area contributed by atoms with E-state index in [2.05, 4.69) is 0 Å². The Morgan fingerprint density at radius 1 is 0.939 bits per heavy atom. The van der Waals surface area contributed by atoms with Gasteiger partial charge < -0.3 is 55.1 Å². The summed E-state index contributed by atoms with van der Waals surface area (Å²) in [5, 5.41) is 79.3. The normalized spacial score (nSPS) is 31.3. The Kier molecular flexibility index (Phi) is 5.95. The Labute approximate surface area is 186 Å². The van der Waals surface area contributed by atoms with Gasteiger partial charge in [0, 0.05) is 24.1 Å². The maximum atomic E-state index is 11.2. The van der Waals surface area contributed by atoms with Crippen molar-refractivity contribution in [2.75, 3.05) is 0 Å². The Hall–Kier alpha value is -3.29. The van der Waals surface area contributed by atoms with Crippen LogP contribution >= 0.6 is 0 Å². The average Bonchev–Trinajstić information content (AvgIpc) is 2.75. The third-order valence-electron chi connectivity index (χ3n) is 5.55. The molecule has 7 atom stereocenters. The molecule has 2 aromatic carbocycles. The zero-order valence-electron chi connectivity index (χ0n) is 16.8. The smallest absolute Gasteiger partial charge is 0.335 e. The molecule has 0 aromatic heterocycles. The van der Waals surface area contributed by atoms with Gasteiger partial charge in [0.2, 0.25) is 6.29 Å². The minimum atomic E-state index is -1.89. The number of carbonyl (C=O) groups is 1. The molecule has 2 aliphatic rings. The highest BCUT2D eigenvalue weighted by Crippen LogP contribution is 2.43. The van der Waals surface area contributed by atoms with Gasteiger partial charge in [-0.1, -0.05) is 6.07 Å². The molecule has 2 aliphatic heterocycles. The maximum absolute atomic E-state index is 11.2. The van der Waals surface area contributed by atoms with Gasteiger partial charge in [-0.15, -0.1) is 0 Å². The summed E-state index contributed by atoms with van der Waals surface area (Å²) in [5.41, 5.74) is 0.628. The number of phenols is 3. The van der Waals surface area contributed by atoms with Gasteiger partial charge in [-0.25, -0.2) is 4.79 Å². The zero-order valence-corrected chi connectivity index (χ0v) is 16.8. The maximum Gasteiger partial charge on any atom is 0.335 e. The molecule has 1 fully saturated rings. The van der Waals surface area contributed by atoms with E-state index >= 15 is 0 Å². The van der Waals surface area contributed by atoms with Crippen LogP contribution in [0.2, 0.25) is 0 Å². The standard InChI is InChI=1S/C21H22O12/c22-8-4-10(23)9-6-12(25)18(31-14(9)5-8)7-1-2-13(11(24)3-7)32-21-17(28)15(26)16(27)19(33-21)20(29)30/h1-5,12,15-19,21-28H,6H2,(H,29,30)/t12-,15-,16-,17+,18+,19-,21+/m0/s1. The lowest BCUT2D eigenvalue weighted by atomic mass is 9.94. The van der Waals surface area contributed by atoms with Crippen LogP contribution in [0.15, 0.2) is 30.3 Å². The molecule has 2 heterocycles. The van der Waals surface area contributed by atoms with Crippen LogP contribution in [0.25, 0.3) is 0 Å². The molecule has 0 spiro atoms. The van der Waals surface area contributed by atoms with E-state index < -0.39 is 54.6 Å². The molecular formula is C21H22O12. The predicted molar refractivity (Wildman–Crippen MR) is 106 cm³/mol. The Morgan fingerprint density at radius 2 is 1.67 bits per heavy atom. The molecular weight excluding hydrogens is 444 g/mol. The number of aliphatic hydroxyl groups excluding tert-OH is 4. The summed E-state index contributed by atoms with van der Waals surface area (Å²) in [4.78, 5) is 11.2. The van der Waals surface area contributed by atoms with Crippen LogP contribution in [0, 0.1) is 0 Å². The highest BCUT2D eigenvalue weighted by molar-refractivity contribution is 5.73. The van der Waals surface area contributed by atoms with E-state index in [-0.39, 0.29) is 29.4 Å². The van der Waals surface area contributed by atoms with E-state index in [0.29, 0.717) is 11.1 Å². The molecule has 0 bridgehead atoms. The van der Waals surface area contributed by atoms with Crippen molar-refractivity contribution in [3.05, 3.63) is 41.5 Å². The molecule has 0 saturated carbocycles. The fourth-order valence-electron chi connectivity index (χ4n) is 3.83. The first-order valence-electron chi connectivity index (χ1n) is 9.88. The summed E-state index contributed by atoms with van der Waals surface area (Å²) in [6.07, 6.45) is -11.2. The highest BCUT2D eigenvalue weighted by atomic mass is 16.7. The number of aliphatic hydroxyl groups is 4. The van der Waals surface area contributed by atoms with E-state index in [1.165, 1.54) is 24.3 Å². The number of benzene rings is 2. The van der Waals surface area contributed by atoms with Crippen molar-refractivity contribution in [1.82, 2.24) is 0 Å². The van der Waals surface area contributed by atoms with Crippen LogP contribution in [-0.2, 0) is 16.0 Å². The van der Waals surface area contributed by atoms with Gasteiger partial charge in [-0.3, -0.25) is 0 Å². The minimum Gasteiger partial charge on any atom is -0.508 e. The van der Waals surface area contributed by atoms with Gasteiger partial charge >= 0.3 is 5.97 Å². The molecule has 8 N–H and O–H groups in total. The molecule has 33 heavy (non-hydrogen) atoms. The summed E-state index contributed by atoms with van der Waals surface area (Å²) in [6.45, 7) is 0. The third kappa shape index (κ3) is 4.21. The highest BCUT2D eigenvalue weighted by Gasteiger charge is 2.48. The number of ether oxygens (including phenoxy) is 3. The molecule has 4 rings (SSSR count). The lowest BCUT2D eigenvalue weighted by molar-refractivity contribution is -0.271. The number of hydrogen-bond donors (Lipinski definition) is 8. The van der Waals surface area contributed by atoms with E-state index in [9.17, 15) is 40.5 Å². The van der Waals surface area contributed by atoms with Gasteiger partial charge in [0.15, 0.2) is 17.6 Å². The molecule has 12 nitrogen and oxygen atoms in total. The first kappa shape index (κ1) is 22.9. The van der Waals surface area contributed by atoms with Crippen molar-refractivity contribution in [3.8, 4) is 28.7 Å². The minimum absolute atomic E-state index is 0.0179. The van der Waals surface area contributed by atoms with Crippen molar-refractivity contribution >= 4 is 5.97 Å². The van der Waals surface area contributed by atoms with Crippen LogP contribution in [0.1, 0.15) is 17.2 Å². The zero-order chi connectivity index (χ0) is 24.0. The molecule has 12 heteroatoms. The molecule has 0 aliphatic carbocycles. The average molecular weight is 466 g/mol. The van der Waals surface area contributed by atoms with Crippen molar-refractivity contribution in [2.24, 2.45) is 0 Å². The number of fused-ring (bicyclic) bond motifs is 1. The summed E-state index contributed by atoms with van der Waals surface area (Å²) in [7, 11) is 0. The summed E-state index contributed by atoms with van der Waals surface area (Å²) < 4.78 is 16.1. The summed E-state index contributed by atoms with van der Waals surface area (Å²) in [5.74, 6) is -2.60. The summed E-state index contributed by atoms with van der Waals surface area (Å²) >= 11 is 0. The van der Waals surface area contributed by atoms with Crippen molar-refractivity contribution in [3.63, 3.8) is 0 Å². The van der Waals surface area contributed by atoms with Crippen LogP contribution in [0.4, 0.5) is 0 Å². The molecule has 178 valence electrons. The van der Waals surface area contributed by atoms with Crippen LogP contribution in [0.5, 0.6) is 28.7 Å². The number of hydrogen-bond acceptors (Lipinski definition) is 11. The molecule has 0 amide bonds. The number of rotatable bonds is 4. The van der Waals surface area contributed by atoms with Gasteiger partial charge in [0.05, 0.1) is 6.10 Å². The Balaban J connectivity index is 1.54. The molecule has 1 saturated heterocycles. The lowest BCUT2D eigenvalue weighted by Crippen LogP contribution is -2.61. The molecule has 0 unspecified atom stereocenters. The van der Waals surface area contributed by atoms with Crippen LogP contribution in [-0.4, -0.2) is 83.6 Å². The topological polar surface area (TPSA) is 207 Å². The second-order valence-corrected chi connectivity index (χ2v) is 7.83. The fourth-order valence-corrected chi connectivity index (χ4v) is 3.83. The number of carboxylic acids is 1. The SMILES string of the molecule is O=C(O)[C@H]1O[C@@H](Oc2ccc([C@H]3Oc4cc(O)cc(O)c4C[C@@H]3O)cc2O)[C@H](O)[C@@H](O)[C@@H]1O. The Bertz CT molecular complexity index is 1060. The second-order valence-electron chi connectivity index (χ2n) is 7.83. The largest absolute Gasteiger partial charge is 0.508 e. The fraction of sp³-hybridized carbons (Fsp3) is 0.381. The van der Waals surface area contributed by atoms with Crippen LogP contribution < -0.4 is 9.47 Å². The first-order valence-corrected chi connectivity index (χ1v) is 9.88. The third-order valence-corrected chi connectivity index (χ3v) is 5.55. The van der Waals surface area contributed by atoms with E-state index in [1.54, 1.807) is 0 Å². The van der Waals surface area contributed by atoms with Crippen molar-refractivity contribution in [2.45, 2.75) is 49.3 Å². The summed E-state index contributed by atoms with van der Waals surface area (Å²) in [6, 6.07) is 6.28. The van der Waals surface area contributed by atoms with E-state index in [4.69, 9.17) is 19.3 Å². The first-order chi connectivity index (χ1) is 15.6. The van der Waals surface area contributed by atoms with Crippen molar-refractivity contribution < 1.29 is 59.9 Å². The van der Waals surface area contributed by atoms with Gasteiger partial charge in [0.25, 0.3) is 0 Å². The van der Waals surface area contributed by atoms with E-state index in [0.717, 1.165) is 6.07 Å². The van der Waals surface area contributed by atoms with E-state index in [1.807, 2.05) is 0 Å².